The SMILES string of the molecule is COc1cncc2c1[C@]1(O)[C@@H](CN)C[C@@H](C3C=CC=C[C@@H]3C)[C@]1(c1ccc(C#N)cc1)O2. The van der Waals surface area contributed by atoms with Crippen LogP contribution in [-0.2, 0) is 11.2 Å². The van der Waals surface area contributed by atoms with Crippen LogP contribution in [-0.4, -0.2) is 23.7 Å². The van der Waals surface area contributed by atoms with Gasteiger partial charge in [0.15, 0.2) is 5.60 Å². The lowest BCUT2D eigenvalue weighted by molar-refractivity contribution is -0.143. The number of ether oxygens (including phenoxy) is 2. The van der Waals surface area contributed by atoms with Gasteiger partial charge in [-0.25, -0.2) is 0 Å². The largest absolute Gasteiger partial charge is 0.495 e. The zero-order valence-corrected chi connectivity index (χ0v) is 18.2. The first-order valence-electron chi connectivity index (χ1n) is 11.0. The Labute approximate surface area is 188 Å². The smallest absolute Gasteiger partial charge is 0.171 e. The maximum absolute atomic E-state index is 12.7. The summed E-state index contributed by atoms with van der Waals surface area (Å²) in [5.41, 5.74) is 5.79. The first-order chi connectivity index (χ1) is 15.5. The Bertz CT molecular complexity index is 1140. The van der Waals surface area contributed by atoms with E-state index in [0.717, 1.165) is 5.56 Å². The van der Waals surface area contributed by atoms with Gasteiger partial charge < -0.3 is 20.3 Å². The Morgan fingerprint density at radius 2 is 2.00 bits per heavy atom. The molecule has 0 amide bonds. The van der Waals surface area contributed by atoms with Gasteiger partial charge in [-0.3, -0.25) is 4.98 Å². The molecule has 32 heavy (non-hydrogen) atoms. The molecule has 0 saturated heterocycles. The van der Waals surface area contributed by atoms with Crippen LogP contribution in [0.3, 0.4) is 0 Å². The van der Waals surface area contributed by atoms with Crippen LogP contribution < -0.4 is 15.2 Å². The van der Waals surface area contributed by atoms with Crippen molar-refractivity contribution in [2.75, 3.05) is 13.7 Å². The van der Waals surface area contributed by atoms with Crippen LogP contribution in [0.1, 0.15) is 30.0 Å². The molecule has 1 fully saturated rings. The second-order valence-electron chi connectivity index (χ2n) is 8.99. The molecule has 0 spiro atoms. The quantitative estimate of drug-likeness (QED) is 0.772. The number of allylic oxidation sites excluding steroid dienone is 4. The number of benzene rings is 1. The van der Waals surface area contributed by atoms with E-state index in [-0.39, 0.29) is 23.7 Å². The van der Waals surface area contributed by atoms with Gasteiger partial charge in [-0.05, 0) is 42.5 Å². The van der Waals surface area contributed by atoms with Crippen molar-refractivity contribution in [3.05, 3.63) is 77.7 Å². The minimum Gasteiger partial charge on any atom is -0.495 e. The summed E-state index contributed by atoms with van der Waals surface area (Å²) in [6, 6.07) is 9.52. The van der Waals surface area contributed by atoms with Crippen molar-refractivity contribution in [2.24, 2.45) is 29.4 Å². The first-order valence-corrected chi connectivity index (χ1v) is 11.0. The third-order valence-electron chi connectivity index (χ3n) is 7.62. The summed E-state index contributed by atoms with van der Waals surface area (Å²) >= 11 is 0. The number of nitrogens with zero attached hydrogens (tertiary/aromatic N) is 2. The molecule has 0 radical (unpaired) electrons. The molecule has 1 aromatic carbocycles. The lowest BCUT2D eigenvalue weighted by Crippen LogP contribution is -2.53. The van der Waals surface area contributed by atoms with E-state index in [0.29, 0.717) is 35.6 Å². The van der Waals surface area contributed by atoms with Crippen molar-refractivity contribution < 1.29 is 14.6 Å². The minimum atomic E-state index is -1.40. The fourth-order valence-electron chi connectivity index (χ4n) is 6.19. The lowest BCUT2D eigenvalue weighted by Gasteiger charge is -2.44. The second kappa shape index (κ2) is 7.47. The monoisotopic (exact) mass is 429 g/mol. The van der Waals surface area contributed by atoms with Gasteiger partial charge in [0.25, 0.3) is 0 Å². The maximum Gasteiger partial charge on any atom is 0.171 e. The molecule has 164 valence electrons. The normalized spacial score (nSPS) is 34.5. The summed E-state index contributed by atoms with van der Waals surface area (Å²) in [5.74, 6) is 1.13. The number of aromatic nitrogens is 1. The Morgan fingerprint density at radius 1 is 1.25 bits per heavy atom. The van der Waals surface area contributed by atoms with Gasteiger partial charge in [0, 0.05) is 11.8 Å². The van der Waals surface area contributed by atoms with E-state index >= 15 is 0 Å². The highest BCUT2D eigenvalue weighted by atomic mass is 16.5. The molecule has 6 atom stereocenters. The van der Waals surface area contributed by atoms with Gasteiger partial charge in [-0.1, -0.05) is 43.4 Å². The molecule has 0 bridgehead atoms. The lowest BCUT2D eigenvalue weighted by atomic mass is 9.66. The second-order valence-corrected chi connectivity index (χ2v) is 8.99. The van der Waals surface area contributed by atoms with E-state index in [1.54, 1.807) is 31.6 Å². The number of nitriles is 1. The summed E-state index contributed by atoms with van der Waals surface area (Å²) in [6.07, 6.45) is 12.5. The molecule has 1 saturated carbocycles. The molecular weight excluding hydrogens is 402 g/mol. The molecule has 2 heterocycles. The number of fused-ring (bicyclic) bond motifs is 3. The molecule has 3 aliphatic rings. The third kappa shape index (κ3) is 2.55. The fraction of sp³-hybridized carbons (Fsp3) is 0.385. The number of nitrogens with two attached hydrogens (primary N) is 1. The van der Waals surface area contributed by atoms with Crippen molar-refractivity contribution in [1.82, 2.24) is 4.98 Å². The van der Waals surface area contributed by atoms with E-state index in [4.69, 9.17) is 15.2 Å². The predicted molar refractivity (Wildman–Crippen MR) is 120 cm³/mol. The van der Waals surface area contributed by atoms with Crippen molar-refractivity contribution in [3.8, 4) is 17.6 Å². The summed E-state index contributed by atoms with van der Waals surface area (Å²) < 4.78 is 12.4. The predicted octanol–water partition coefficient (Wildman–Crippen LogP) is 3.41. The van der Waals surface area contributed by atoms with Gasteiger partial charge in [0.2, 0.25) is 0 Å². The van der Waals surface area contributed by atoms with Crippen molar-refractivity contribution in [1.29, 1.82) is 5.26 Å². The van der Waals surface area contributed by atoms with Crippen molar-refractivity contribution in [3.63, 3.8) is 0 Å². The highest BCUT2D eigenvalue weighted by Gasteiger charge is 2.73. The van der Waals surface area contributed by atoms with E-state index in [9.17, 15) is 10.4 Å². The minimum absolute atomic E-state index is 0.0534. The number of rotatable bonds is 4. The summed E-state index contributed by atoms with van der Waals surface area (Å²) in [5, 5.41) is 22.0. The highest BCUT2D eigenvalue weighted by Crippen LogP contribution is 2.69. The number of methoxy groups -OCH3 is 1. The van der Waals surface area contributed by atoms with Crippen LogP contribution in [0.25, 0.3) is 0 Å². The van der Waals surface area contributed by atoms with Crippen LogP contribution in [0.4, 0.5) is 0 Å². The number of pyridine rings is 1. The molecular formula is C26H27N3O3. The molecule has 6 heteroatoms. The van der Waals surface area contributed by atoms with E-state index < -0.39 is 11.2 Å². The zero-order chi connectivity index (χ0) is 22.5. The van der Waals surface area contributed by atoms with E-state index in [2.05, 4.69) is 42.3 Å². The molecule has 2 aromatic rings. The molecule has 1 aliphatic heterocycles. The molecule has 1 aromatic heterocycles. The Hall–Kier alpha value is -3.14. The van der Waals surface area contributed by atoms with Crippen LogP contribution in [0.2, 0.25) is 0 Å². The number of aliphatic hydroxyl groups is 1. The van der Waals surface area contributed by atoms with Crippen LogP contribution in [0, 0.1) is 35.0 Å². The average Bonchev–Trinajstić information content (AvgIpc) is 3.24. The topological polar surface area (TPSA) is 101 Å². The average molecular weight is 430 g/mol. The Balaban J connectivity index is 1.79. The molecule has 6 nitrogen and oxygen atoms in total. The zero-order valence-electron chi connectivity index (χ0n) is 18.2. The Morgan fingerprint density at radius 3 is 2.66 bits per heavy atom. The van der Waals surface area contributed by atoms with Gasteiger partial charge >= 0.3 is 0 Å². The van der Waals surface area contributed by atoms with Crippen molar-refractivity contribution >= 4 is 0 Å². The van der Waals surface area contributed by atoms with E-state index in [1.807, 2.05) is 12.1 Å². The Kier molecular flexibility index (Phi) is 4.85. The van der Waals surface area contributed by atoms with Crippen LogP contribution in [0.5, 0.6) is 11.5 Å². The molecule has 5 rings (SSSR count). The fourth-order valence-corrected chi connectivity index (χ4v) is 6.19. The summed E-state index contributed by atoms with van der Waals surface area (Å²) in [7, 11) is 1.57. The van der Waals surface area contributed by atoms with Gasteiger partial charge in [-0.15, -0.1) is 0 Å². The van der Waals surface area contributed by atoms with Crippen LogP contribution in [0.15, 0.2) is 61.0 Å². The highest BCUT2D eigenvalue weighted by molar-refractivity contribution is 5.57. The summed E-state index contributed by atoms with van der Waals surface area (Å²) in [4.78, 5) is 4.28. The van der Waals surface area contributed by atoms with Crippen molar-refractivity contribution in [2.45, 2.75) is 24.5 Å². The van der Waals surface area contributed by atoms with Gasteiger partial charge in [0.1, 0.15) is 17.1 Å². The van der Waals surface area contributed by atoms with Gasteiger partial charge in [0.05, 0.1) is 36.7 Å². The maximum atomic E-state index is 12.7. The molecule has 3 N–H and O–H groups in total. The standard InChI is InChI=1S/C26H27N3O3/c1-16-5-3-4-6-20(16)21-11-19(13-28)25(30)24-22(31-2)14-29-15-23(24)32-26(21,25)18-9-7-17(12-27)8-10-18/h3-10,14-16,19-21,30H,11,13,28H2,1-2H3/t16-,19+,20?,21-,25+,26-/m0/s1. The van der Waals surface area contributed by atoms with Gasteiger partial charge in [-0.2, -0.15) is 5.26 Å². The molecule has 1 unspecified atom stereocenters. The third-order valence-corrected chi connectivity index (χ3v) is 7.62. The molecule has 2 aliphatic carbocycles. The van der Waals surface area contributed by atoms with Crippen LogP contribution >= 0.6 is 0 Å². The summed E-state index contributed by atoms with van der Waals surface area (Å²) in [6.45, 7) is 2.50. The first kappa shape index (κ1) is 20.7. The van der Waals surface area contributed by atoms with E-state index in [1.165, 1.54) is 0 Å². The number of hydrogen-bond donors (Lipinski definition) is 2. The number of hydrogen-bond acceptors (Lipinski definition) is 6.